The van der Waals surface area contributed by atoms with Crippen molar-refractivity contribution in [3.05, 3.63) is 11.8 Å². The van der Waals surface area contributed by atoms with Crippen LogP contribution in [0.1, 0.15) is 52.7 Å². The normalized spacial score (nSPS) is 11.2. The fourth-order valence-electron chi connectivity index (χ4n) is 1.99. The molecule has 0 bridgehead atoms. The van der Waals surface area contributed by atoms with Crippen LogP contribution in [0, 0.1) is 6.92 Å². The number of carbonyl (C=O) groups excluding carboxylic acids is 2. The zero-order valence-electron chi connectivity index (χ0n) is 14.7. The van der Waals surface area contributed by atoms with E-state index in [0.29, 0.717) is 18.1 Å². The lowest BCUT2D eigenvalue weighted by Crippen LogP contribution is -2.50. The fraction of sp³-hybridized carbons (Fsp3) is 0.688. The molecule has 1 rings (SSSR count). The second-order valence-electron chi connectivity index (χ2n) is 6.68. The van der Waals surface area contributed by atoms with Gasteiger partial charge in [0.25, 0.3) is 0 Å². The first kappa shape index (κ1) is 19.0. The van der Waals surface area contributed by atoms with E-state index in [1.807, 2.05) is 20.8 Å². The number of nitrogens with one attached hydrogen (secondary N) is 2. The molecule has 23 heavy (non-hydrogen) atoms. The monoisotopic (exact) mass is 324 g/mol. The molecule has 7 heteroatoms. The molecule has 7 nitrogen and oxygen atoms in total. The summed E-state index contributed by atoms with van der Waals surface area (Å²) in [7, 11) is 0. The average Bonchev–Trinajstić information content (AvgIpc) is 2.81. The summed E-state index contributed by atoms with van der Waals surface area (Å²) >= 11 is 0. The van der Waals surface area contributed by atoms with Gasteiger partial charge < -0.3 is 20.1 Å². The Morgan fingerprint density at radius 3 is 2.52 bits per heavy atom. The van der Waals surface area contributed by atoms with E-state index in [9.17, 15) is 9.59 Å². The highest BCUT2D eigenvalue weighted by molar-refractivity contribution is 5.93. The van der Waals surface area contributed by atoms with Crippen molar-refractivity contribution in [3.63, 3.8) is 0 Å². The van der Waals surface area contributed by atoms with Gasteiger partial charge in [-0.15, -0.1) is 0 Å². The van der Waals surface area contributed by atoms with Crippen LogP contribution >= 0.6 is 0 Å². The first-order valence-corrected chi connectivity index (χ1v) is 8.01. The Morgan fingerprint density at radius 1 is 1.30 bits per heavy atom. The zero-order chi connectivity index (χ0) is 17.5. The van der Waals surface area contributed by atoms with Crippen molar-refractivity contribution < 1.29 is 14.1 Å². The van der Waals surface area contributed by atoms with Crippen LogP contribution in [0.15, 0.2) is 10.6 Å². The highest BCUT2D eigenvalue weighted by Crippen LogP contribution is 2.08. The third kappa shape index (κ3) is 7.67. The Morgan fingerprint density at radius 2 is 2.00 bits per heavy atom. The van der Waals surface area contributed by atoms with Gasteiger partial charge in [0, 0.05) is 18.2 Å². The van der Waals surface area contributed by atoms with Crippen molar-refractivity contribution >= 4 is 17.8 Å². The third-order valence-electron chi connectivity index (χ3n) is 3.03. The molecule has 0 saturated carbocycles. The van der Waals surface area contributed by atoms with Crippen molar-refractivity contribution in [2.24, 2.45) is 0 Å². The molecule has 1 aromatic heterocycles. The number of unbranched alkanes of at least 4 members (excludes halogenated alkanes) is 2. The van der Waals surface area contributed by atoms with Gasteiger partial charge in [-0.05, 0) is 34.1 Å². The molecule has 1 heterocycles. The number of aromatic nitrogens is 1. The molecule has 0 radical (unpaired) electrons. The van der Waals surface area contributed by atoms with Gasteiger partial charge >= 0.3 is 6.03 Å². The SMILES string of the molecule is CCCCCN(CC(=O)Nc1cc(C)on1)C(=O)NC(C)(C)C. The van der Waals surface area contributed by atoms with Crippen LogP contribution in [0.5, 0.6) is 0 Å². The summed E-state index contributed by atoms with van der Waals surface area (Å²) in [6, 6.07) is 1.40. The Bertz CT molecular complexity index is 520. The predicted octanol–water partition coefficient (Wildman–Crippen LogP) is 2.92. The van der Waals surface area contributed by atoms with E-state index >= 15 is 0 Å². The first-order valence-electron chi connectivity index (χ1n) is 8.01. The van der Waals surface area contributed by atoms with Gasteiger partial charge in [0.05, 0.1) is 0 Å². The summed E-state index contributed by atoms with van der Waals surface area (Å²) in [5.41, 5.74) is -0.347. The molecule has 0 aliphatic heterocycles. The summed E-state index contributed by atoms with van der Waals surface area (Å²) in [4.78, 5) is 26.0. The van der Waals surface area contributed by atoms with Crippen LogP contribution in [0.2, 0.25) is 0 Å². The number of aryl methyl sites for hydroxylation is 1. The minimum absolute atomic E-state index is 0.0163. The lowest BCUT2D eigenvalue weighted by molar-refractivity contribution is -0.116. The Balaban J connectivity index is 2.63. The van der Waals surface area contributed by atoms with Gasteiger partial charge in [-0.25, -0.2) is 4.79 Å². The molecule has 0 fully saturated rings. The zero-order valence-corrected chi connectivity index (χ0v) is 14.7. The van der Waals surface area contributed by atoms with Gasteiger partial charge in [-0.1, -0.05) is 24.9 Å². The molecule has 1 aromatic rings. The molecule has 0 atom stereocenters. The van der Waals surface area contributed by atoms with E-state index in [-0.39, 0.29) is 24.0 Å². The van der Waals surface area contributed by atoms with Crippen LogP contribution < -0.4 is 10.6 Å². The smallest absolute Gasteiger partial charge is 0.318 e. The topological polar surface area (TPSA) is 87.5 Å². The number of amides is 3. The van der Waals surface area contributed by atoms with E-state index in [2.05, 4.69) is 22.7 Å². The van der Waals surface area contributed by atoms with E-state index < -0.39 is 0 Å². The van der Waals surface area contributed by atoms with Crippen LogP contribution in [0.4, 0.5) is 10.6 Å². The summed E-state index contributed by atoms with van der Waals surface area (Å²) in [6.45, 7) is 10.1. The number of hydrogen-bond acceptors (Lipinski definition) is 4. The highest BCUT2D eigenvalue weighted by Gasteiger charge is 2.21. The van der Waals surface area contributed by atoms with Crippen molar-refractivity contribution in [1.82, 2.24) is 15.4 Å². The van der Waals surface area contributed by atoms with Crippen LogP contribution in [0.25, 0.3) is 0 Å². The molecule has 3 amide bonds. The quantitative estimate of drug-likeness (QED) is 0.755. The molecule has 0 spiro atoms. The van der Waals surface area contributed by atoms with E-state index in [1.165, 1.54) is 4.90 Å². The van der Waals surface area contributed by atoms with Crippen LogP contribution in [0.3, 0.4) is 0 Å². The molecule has 0 aliphatic carbocycles. The van der Waals surface area contributed by atoms with E-state index in [1.54, 1.807) is 13.0 Å². The number of hydrogen-bond donors (Lipinski definition) is 2. The average molecular weight is 324 g/mol. The molecular weight excluding hydrogens is 296 g/mol. The molecular formula is C16H28N4O3. The van der Waals surface area contributed by atoms with Crippen LogP contribution in [-0.2, 0) is 4.79 Å². The number of anilines is 1. The molecule has 2 N–H and O–H groups in total. The maximum absolute atomic E-state index is 12.3. The van der Waals surface area contributed by atoms with Crippen molar-refractivity contribution in [1.29, 1.82) is 0 Å². The Labute approximate surface area is 137 Å². The van der Waals surface area contributed by atoms with E-state index in [0.717, 1.165) is 19.3 Å². The maximum atomic E-state index is 12.3. The molecule has 0 unspecified atom stereocenters. The summed E-state index contributed by atoms with van der Waals surface area (Å²) in [6.07, 6.45) is 2.94. The van der Waals surface area contributed by atoms with Crippen molar-refractivity contribution in [2.45, 2.75) is 59.4 Å². The summed E-state index contributed by atoms with van der Waals surface area (Å²) in [5.74, 6) is 0.682. The predicted molar refractivity (Wildman–Crippen MR) is 89.3 cm³/mol. The third-order valence-corrected chi connectivity index (χ3v) is 3.03. The number of urea groups is 1. The Hall–Kier alpha value is -2.05. The molecule has 0 aromatic carbocycles. The molecule has 0 saturated heterocycles. The standard InChI is InChI=1S/C16H28N4O3/c1-6-7-8-9-20(15(22)18-16(3,4)5)11-14(21)17-13-10-12(2)23-19-13/h10H,6-9,11H2,1-5H3,(H,18,22)(H,17,19,21). The second-order valence-corrected chi connectivity index (χ2v) is 6.68. The van der Waals surface area contributed by atoms with Crippen molar-refractivity contribution in [2.75, 3.05) is 18.4 Å². The van der Waals surface area contributed by atoms with Gasteiger partial charge in [0.2, 0.25) is 5.91 Å². The fourth-order valence-corrected chi connectivity index (χ4v) is 1.99. The van der Waals surface area contributed by atoms with Gasteiger partial charge in [-0.3, -0.25) is 4.79 Å². The van der Waals surface area contributed by atoms with Crippen LogP contribution in [-0.4, -0.2) is 40.6 Å². The highest BCUT2D eigenvalue weighted by atomic mass is 16.5. The number of rotatable bonds is 7. The van der Waals surface area contributed by atoms with Gasteiger partial charge in [0.15, 0.2) is 5.82 Å². The van der Waals surface area contributed by atoms with Gasteiger partial charge in [-0.2, -0.15) is 0 Å². The lowest BCUT2D eigenvalue weighted by atomic mass is 10.1. The molecule has 0 aliphatic rings. The number of carbonyl (C=O) groups is 2. The molecule has 130 valence electrons. The largest absolute Gasteiger partial charge is 0.360 e. The first-order chi connectivity index (χ1) is 10.7. The van der Waals surface area contributed by atoms with Gasteiger partial charge in [0.1, 0.15) is 12.3 Å². The second kappa shape index (κ2) is 8.55. The minimum atomic E-state index is -0.347. The maximum Gasteiger partial charge on any atom is 0.318 e. The minimum Gasteiger partial charge on any atom is -0.360 e. The number of nitrogens with zero attached hydrogens (tertiary/aromatic N) is 2. The summed E-state index contributed by atoms with van der Waals surface area (Å²) < 4.78 is 4.91. The van der Waals surface area contributed by atoms with Crippen molar-refractivity contribution in [3.8, 4) is 0 Å². The Kier molecular flexibility index (Phi) is 7.06. The van der Waals surface area contributed by atoms with E-state index in [4.69, 9.17) is 4.52 Å². The summed E-state index contributed by atoms with van der Waals surface area (Å²) in [5, 5.41) is 9.24. The lowest BCUT2D eigenvalue weighted by Gasteiger charge is -2.28.